The first kappa shape index (κ1) is 13.1. The van der Waals surface area contributed by atoms with Crippen LogP contribution < -0.4 is 11.5 Å². The van der Waals surface area contributed by atoms with Crippen LogP contribution in [0.15, 0.2) is 24.3 Å². The Morgan fingerprint density at radius 3 is 1.75 bits per heavy atom. The highest BCUT2D eigenvalue weighted by Gasteiger charge is 2.05. The predicted octanol–water partition coefficient (Wildman–Crippen LogP) is -0.589. The van der Waals surface area contributed by atoms with E-state index in [1.54, 1.807) is 0 Å². The Labute approximate surface area is 95.9 Å². The third kappa shape index (κ3) is 4.28. The smallest absolute Gasteiger partial charge is 0.0585 e. The van der Waals surface area contributed by atoms with Gasteiger partial charge >= 0.3 is 0 Å². The van der Waals surface area contributed by atoms with Crippen LogP contribution in [0.3, 0.4) is 0 Å². The summed E-state index contributed by atoms with van der Waals surface area (Å²) < 4.78 is 0. The van der Waals surface area contributed by atoms with Crippen LogP contribution in [0.25, 0.3) is 0 Å². The number of hydrogen-bond acceptors (Lipinski definition) is 4. The monoisotopic (exact) mass is 224 g/mol. The lowest BCUT2D eigenvalue weighted by Crippen LogP contribution is -2.28. The Kier molecular flexibility index (Phi) is 5.42. The van der Waals surface area contributed by atoms with E-state index in [-0.39, 0.29) is 25.3 Å². The molecule has 2 atom stereocenters. The molecule has 0 aliphatic carbocycles. The highest BCUT2D eigenvalue weighted by Crippen LogP contribution is 2.09. The van der Waals surface area contributed by atoms with Crippen LogP contribution in [0, 0.1) is 0 Å². The van der Waals surface area contributed by atoms with Gasteiger partial charge in [-0.2, -0.15) is 0 Å². The fraction of sp³-hybridized carbons (Fsp3) is 0.500. The third-order valence-corrected chi connectivity index (χ3v) is 2.46. The molecule has 1 rings (SSSR count). The molecule has 2 unspecified atom stereocenters. The van der Waals surface area contributed by atoms with Gasteiger partial charge in [-0.3, -0.25) is 0 Å². The Morgan fingerprint density at radius 2 is 1.38 bits per heavy atom. The Hall–Kier alpha value is -0.940. The molecular formula is C12H20N2O2. The first-order valence-electron chi connectivity index (χ1n) is 5.46. The number of hydrogen-bond donors (Lipinski definition) is 4. The molecule has 1 aromatic carbocycles. The fourth-order valence-corrected chi connectivity index (χ4v) is 1.62. The van der Waals surface area contributed by atoms with E-state index in [0.29, 0.717) is 12.8 Å². The minimum atomic E-state index is -0.221. The second-order valence-corrected chi connectivity index (χ2v) is 4.11. The van der Waals surface area contributed by atoms with Crippen LogP contribution in [-0.2, 0) is 12.8 Å². The lowest BCUT2D eigenvalue weighted by Gasteiger charge is -2.11. The van der Waals surface area contributed by atoms with Crippen molar-refractivity contribution in [2.75, 3.05) is 13.2 Å². The van der Waals surface area contributed by atoms with Gasteiger partial charge in [-0.15, -0.1) is 0 Å². The van der Waals surface area contributed by atoms with Crippen molar-refractivity contribution in [3.63, 3.8) is 0 Å². The number of nitrogens with two attached hydrogens (primary N) is 2. The van der Waals surface area contributed by atoms with Gasteiger partial charge in [-0.25, -0.2) is 0 Å². The average molecular weight is 224 g/mol. The van der Waals surface area contributed by atoms with E-state index < -0.39 is 0 Å². The van der Waals surface area contributed by atoms with Crippen LogP contribution in [0.1, 0.15) is 11.1 Å². The van der Waals surface area contributed by atoms with E-state index in [0.717, 1.165) is 11.1 Å². The predicted molar refractivity (Wildman–Crippen MR) is 64.0 cm³/mol. The maximum atomic E-state index is 8.87. The topological polar surface area (TPSA) is 92.5 Å². The van der Waals surface area contributed by atoms with E-state index >= 15 is 0 Å². The third-order valence-electron chi connectivity index (χ3n) is 2.46. The molecule has 0 aromatic heterocycles. The molecular weight excluding hydrogens is 204 g/mol. The zero-order valence-corrected chi connectivity index (χ0v) is 9.34. The summed E-state index contributed by atoms with van der Waals surface area (Å²) >= 11 is 0. The molecule has 0 radical (unpaired) electrons. The van der Waals surface area contributed by atoms with E-state index in [1.807, 2.05) is 24.3 Å². The zero-order chi connectivity index (χ0) is 12.0. The van der Waals surface area contributed by atoms with Crippen molar-refractivity contribution >= 4 is 0 Å². The number of aliphatic hydroxyl groups excluding tert-OH is 2. The molecule has 0 aliphatic heterocycles. The van der Waals surface area contributed by atoms with E-state index in [4.69, 9.17) is 21.7 Å². The summed E-state index contributed by atoms with van der Waals surface area (Å²) in [5, 5.41) is 17.7. The van der Waals surface area contributed by atoms with Crippen LogP contribution in [0.2, 0.25) is 0 Å². The van der Waals surface area contributed by atoms with Crippen molar-refractivity contribution in [1.29, 1.82) is 0 Å². The maximum Gasteiger partial charge on any atom is 0.0585 e. The first-order chi connectivity index (χ1) is 7.65. The molecule has 0 saturated heterocycles. The van der Waals surface area contributed by atoms with Gasteiger partial charge in [0.25, 0.3) is 0 Å². The average Bonchev–Trinajstić information content (AvgIpc) is 2.29. The lowest BCUT2D eigenvalue weighted by atomic mass is 10.0. The van der Waals surface area contributed by atoms with Gasteiger partial charge < -0.3 is 21.7 Å². The van der Waals surface area contributed by atoms with E-state index in [1.165, 1.54) is 0 Å². The van der Waals surface area contributed by atoms with E-state index in [9.17, 15) is 0 Å². The molecule has 0 amide bonds. The summed E-state index contributed by atoms with van der Waals surface area (Å²) in [6.07, 6.45) is 1.30. The van der Waals surface area contributed by atoms with Crippen LogP contribution in [0.4, 0.5) is 0 Å². The number of aliphatic hydroxyl groups is 2. The quantitative estimate of drug-likeness (QED) is 0.520. The van der Waals surface area contributed by atoms with Gasteiger partial charge in [-0.05, 0) is 24.0 Å². The number of rotatable bonds is 6. The standard InChI is InChI=1S/C12H20N2O2/c13-11(7-15)5-9-2-1-3-10(4-9)6-12(14)8-16/h1-4,11-12,15-16H,5-8,13-14H2. The normalized spacial score (nSPS) is 14.8. The van der Waals surface area contributed by atoms with Crippen molar-refractivity contribution < 1.29 is 10.2 Å². The van der Waals surface area contributed by atoms with Gasteiger partial charge in [0.15, 0.2) is 0 Å². The minimum Gasteiger partial charge on any atom is -0.395 e. The van der Waals surface area contributed by atoms with Gasteiger partial charge in [0.1, 0.15) is 0 Å². The van der Waals surface area contributed by atoms with Gasteiger partial charge in [0.05, 0.1) is 13.2 Å². The summed E-state index contributed by atoms with van der Waals surface area (Å²) in [6, 6.07) is 7.47. The van der Waals surface area contributed by atoms with Crippen molar-refractivity contribution in [3.05, 3.63) is 35.4 Å². The molecule has 0 spiro atoms. The Morgan fingerprint density at radius 1 is 0.938 bits per heavy atom. The largest absolute Gasteiger partial charge is 0.395 e. The lowest BCUT2D eigenvalue weighted by molar-refractivity contribution is 0.264. The molecule has 0 heterocycles. The van der Waals surface area contributed by atoms with E-state index in [2.05, 4.69) is 0 Å². The Balaban J connectivity index is 2.63. The second kappa shape index (κ2) is 6.60. The number of benzene rings is 1. The molecule has 4 heteroatoms. The molecule has 16 heavy (non-hydrogen) atoms. The summed E-state index contributed by atoms with van der Waals surface area (Å²) in [5.41, 5.74) is 13.5. The molecule has 6 N–H and O–H groups in total. The molecule has 0 fully saturated rings. The van der Waals surface area contributed by atoms with Gasteiger partial charge in [-0.1, -0.05) is 24.3 Å². The minimum absolute atomic E-state index is 0.0135. The van der Waals surface area contributed by atoms with Crippen LogP contribution in [0.5, 0.6) is 0 Å². The Bertz CT molecular complexity index is 290. The second-order valence-electron chi connectivity index (χ2n) is 4.11. The molecule has 1 aromatic rings. The summed E-state index contributed by atoms with van der Waals surface area (Å²) in [6.45, 7) is -0.0270. The SMILES string of the molecule is NC(CO)Cc1cccc(CC(N)CO)c1. The van der Waals surface area contributed by atoms with Crippen molar-refractivity contribution in [3.8, 4) is 0 Å². The summed E-state index contributed by atoms with van der Waals surface area (Å²) in [4.78, 5) is 0. The molecule has 0 bridgehead atoms. The molecule has 0 aliphatic rings. The van der Waals surface area contributed by atoms with Gasteiger partial charge in [0, 0.05) is 12.1 Å². The van der Waals surface area contributed by atoms with Gasteiger partial charge in [0.2, 0.25) is 0 Å². The zero-order valence-electron chi connectivity index (χ0n) is 9.34. The highest BCUT2D eigenvalue weighted by molar-refractivity contribution is 5.25. The first-order valence-corrected chi connectivity index (χ1v) is 5.46. The van der Waals surface area contributed by atoms with Crippen molar-refractivity contribution in [2.24, 2.45) is 11.5 Å². The maximum absolute atomic E-state index is 8.87. The molecule has 4 nitrogen and oxygen atoms in total. The van der Waals surface area contributed by atoms with Crippen LogP contribution >= 0.6 is 0 Å². The van der Waals surface area contributed by atoms with Crippen molar-refractivity contribution in [1.82, 2.24) is 0 Å². The van der Waals surface area contributed by atoms with Crippen LogP contribution in [-0.4, -0.2) is 35.5 Å². The molecule has 90 valence electrons. The summed E-state index contributed by atoms with van der Waals surface area (Å²) in [5.74, 6) is 0. The van der Waals surface area contributed by atoms with Crippen molar-refractivity contribution in [2.45, 2.75) is 24.9 Å². The summed E-state index contributed by atoms with van der Waals surface area (Å²) in [7, 11) is 0. The molecule has 0 saturated carbocycles. The highest BCUT2D eigenvalue weighted by atomic mass is 16.3. The fourth-order valence-electron chi connectivity index (χ4n) is 1.62.